The van der Waals surface area contributed by atoms with E-state index in [0.29, 0.717) is 17.0 Å². The third-order valence-electron chi connectivity index (χ3n) is 4.90. The molecule has 4 aromatic rings. The molecule has 0 unspecified atom stereocenters. The number of halogens is 5. The second-order valence-corrected chi connectivity index (χ2v) is 9.02. The van der Waals surface area contributed by atoms with Crippen LogP contribution in [-0.4, -0.2) is 19.2 Å². The summed E-state index contributed by atoms with van der Waals surface area (Å²) in [6, 6.07) is 12.1. The zero-order valence-electron chi connectivity index (χ0n) is 15.9. The highest BCUT2D eigenvalue weighted by atomic mass is 32.2. The molecule has 0 saturated carbocycles. The summed E-state index contributed by atoms with van der Waals surface area (Å²) < 4.78 is 94.0. The van der Waals surface area contributed by atoms with Crippen LogP contribution in [0.3, 0.4) is 0 Å². The summed E-state index contributed by atoms with van der Waals surface area (Å²) in [5, 5.41) is 0.459. The van der Waals surface area contributed by atoms with Crippen molar-refractivity contribution in [1.82, 2.24) is 4.57 Å². The van der Waals surface area contributed by atoms with E-state index in [2.05, 4.69) is 0 Å². The molecule has 0 aliphatic heterocycles. The van der Waals surface area contributed by atoms with Crippen molar-refractivity contribution in [2.45, 2.75) is 11.1 Å². The molecule has 0 N–H and O–H groups in total. The Morgan fingerprint density at radius 2 is 1.55 bits per heavy atom. The van der Waals surface area contributed by atoms with E-state index in [4.69, 9.17) is 0 Å². The van der Waals surface area contributed by atoms with Crippen LogP contribution in [0.4, 0.5) is 22.0 Å². The van der Waals surface area contributed by atoms with Crippen LogP contribution < -0.4 is 0 Å². The molecule has 0 radical (unpaired) electrons. The number of sulfone groups is 1. The quantitative estimate of drug-likeness (QED) is 0.359. The van der Waals surface area contributed by atoms with E-state index in [-0.39, 0.29) is 16.8 Å². The number of aromatic nitrogens is 1. The summed E-state index contributed by atoms with van der Waals surface area (Å²) in [7, 11) is -3.83. The van der Waals surface area contributed by atoms with Gasteiger partial charge in [0, 0.05) is 17.8 Å². The van der Waals surface area contributed by atoms with Crippen molar-refractivity contribution < 1.29 is 30.4 Å². The first-order valence-corrected chi connectivity index (χ1v) is 10.8. The predicted molar refractivity (Wildman–Crippen MR) is 107 cm³/mol. The van der Waals surface area contributed by atoms with Crippen molar-refractivity contribution in [3.8, 4) is 16.8 Å². The standard InChI is InChI=1S/C22H14F5NO2S/c1-31(29,30)15-6-7-16(17(12-15)22(25,26)27)13-5-8-20-14(11-13)9-10-28(20)21-18(23)3-2-4-19(21)24/h2-12H,1H3. The van der Waals surface area contributed by atoms with Gasteiger partial charge in [-0.2, -0.15) is 13.2 Å². The highest BCUT2D eigenvalue weighted by Crippen LogP contribution is 2.39. The lowest BCUT2D eigenvalue weighted by Crippen LogP contribution is -2.09. The Labute approximate surface area is 174 Å². The van der Waals surface area contributed by atoms with Gasteiger partial charge >= 0.3 is 6.18 Å². The van der Waals surface area contributed by atoms with Gasteiger partial charge in [-0.15, -0.1) is 0 Å². The minimum absolute atomic E-state index is 0.187. The maximum Gasteiger partial charge on any atom is 0.417 e. The third kappa shape index (κ3) is 3.81. The van der Waals surface area contributed by atoms with E-state index in [0.717, 1.165) is 30.5 Å². The minimum atomic E-state index is -4.78. The number of nitrogens with zero attached hydrogens (tertiary/aromatic N) is 1. The van der Waals surface area contributed by atoms with E-state index in [1.54, 1.807) is 0 Å². The molecular weight excluding hydrogens is 437 g/mol. The molecule has 3 nitrogen and oxygen atoms in total. The van der Waals surface area contributed by atoms with Crippen LogP contribution in [0.2, 0.25) is 0 Å². The molecule has 0 spiro atoms. The monoisotopic (exact) mass is 451 g/mol. The fraction of sp³-hybridized carbons (Fsp3) is 0.0909. The minimum Gasteiger partial charge on any atom is -0.311 e. The summed E-state index contributed by atoms with van der Waals surface area (Å²) in [5.74, 6) is -1.56. The molecule has 0 fully saturated rings. The number of benzene rings is 3. The topological polar surface area (TPSA) is 39.1 Å². The third-order valence-corrected chi connectivity index (χ3v) is 6.01. The molecule has 1 aromatic heterocycles. The van der Waals surface area contributed by atoms with Crippen LogP contribution in [0.15, 0.2) is 71.8 Å². The first-order chi connectivity index (χ1) is 14.5. The van der Waals surface area contributed by atoms with Crippen molar-refractivity contribution in [3.05, 3.63) is 84.1 Å². The summed E-state index contributed by atoms with van der Waals surface area (Å²) in [4.78, 5) is -0.439. The molecule has 4 rings (SSSR count). The van der Waals surface area contributed by atoms with Gasteiger partial charge < -0.3 is 4.57 Å². The van der Waals surface area contributed by atoms with Gasteiger partial charge in [0.15, 0.2) is 9.84 Å². The summed E-state index contributed by atoms with van der Waals surface area (Å²) in [5.41, 5.74) is -1.000. The van der Waals surface area contributed by atoms with Gasteiger partial charge in [-0.25, -0.2) is 17.2 Å². The molecular formula is C22H14F5NO2S. The zero-order valence-corrected chi connectivity index (χ0v) is 16.7. The molecule has 0 atom stereocenters. The number of alkyl halides is 3. The maximum absolute atomic E-state index is 14.2. The average molecular weight is 451 g/mol. The zero-order chi connectivity index (χ0) is 22.6. The fourth-order valence-electron chi connectivity index (χ4n) is 3.46. The number of fused-ring (bicyclic) bond motifs is 1. The van der Waals surface area contributed by atoms with Gasteiger partial charge in [0.25, 0.3) is 0 Å². The van der Waals surface area contributed by atoms with Crippen molar-refractivity contribution in [2.75, 3.05) is 6.26 Å². The Hall–Kier alpha value is -3.20. The smallest absolute Gasteiger partial charge is 0.311 e. The number of rotatable bonds is 3. The van der Waals surface area contributed by atoms with Crippen LogP contribution in [0.5, 0.6) is 0 Å². The van der Waals surface area contributed by atoms with Crippen LogP contribution in [0.25, 0.3) is 27.7 Å². The van der Waals surface area contributed by atoms with Crippen molar-refractivity contribution in [1.29, 1.82) is 0 Å². The Bertz CT molecular complexity index is 1400. The molecule has 0 saturated heterocycles. The lowest BCUT2D eigenvalue weighted by atomic mass is 9.98. The van der Waals surface area contributed by atoms with Gasteiger partial charge in [-0.05, 0) is 53.6 Å². The number of hydrogen-bond acceptors (Lipinski definition) is 2. The van der Waals surface area contributed by atoms with Crippen LogP contribution in [0.1, 0.15) is 5.56 Å². The fourth-order valence-corrected chi connectivity index (χ4v) is 4.11. The summed E-state index contributed by atoms with van der Waals surface area (Å²) >= 11 is 0. The van der Waals surface area contributed by atoms with Crippen molar-refractivity contribution in [2.24, 2.45) is 0 Å². The predicted octanol–water partition coefficient (Wildman–Crippen LogP) is 6.00. The Kier molecular flexibility index (Phi) is 4.88. The van der Waals surface area contributed by atoms with Crippen LogP contribution >= 0.6 is 0 Å². The SMILES string of the molecule is CS(=O)(=O)c1ccc(-c2ccc3c(ccn3-c3c(F)cccc3F)c2)c(C(F)(F)F)c1. The highest BCUT2D eigenvalue weighted by molar-refractivity contribution is 7.90. The highest BCUT2D eigenvalue weighted by Gasteiger charge is 2.34. The molecule has 9 heteroatoms. The molecule has 3 aromatic carbocycles. The molecule has 31 heavy (non-hydrogen) atoms. The van der Waals surface area contributed by atoms with E-state index in [9.17, 15) is 30.4 Å². The largest absolute Gasteiger partial charge is 0.417 e. The van der Waals surface area contributed by atoms with Gasteiger partial charge in [-0.1, -0.05) is 18.2 Å². The maximum atomic E-state index is 14.2. The van der Waals surface area contributed by atoms with E-state index in [1.807, 2.05) is 0 Å². The van der Waals surface area contributed by atoms with Gasteiger partial charge in [0.05, 0.1) is 16.0 Å². The molecule has 1 heterocycles. The van der Waals surface area contributed by atoms with Crippen LogP contribution in [0, 0.1) is 11.6 Å². The Morgan fingerprint density at radius 1 is 0.871 bits per heavy atom. The van der Waals surface area contributed by atoms with Gasteiger partial charge in [-0.3, -0.25) is 0 Å². The lowest BCUT2D eigenvalue weighted by molar-refractivity contribution is -0.137. The first kappa shape index (κ1) is 21.0. The Morgan fingerprint density at radius 3 is 2.16 bits per heavy atom. The first-order valence-electron chi connectivity index (χ1n) is 8.94. The van der Waals surface area contributed by atoms with E-state index >= 15 is 0 Å². The van der Waals surface area contributed by atoms with Crippen molar-refractivity contribution >= 4 is 20.7 Å². The molecule has 0 aliphatic rings. The van der Waals surface area contributed by atoms with Crippen LogP contribution in [-0.2, 0) is 16.0 Å². The second-order valence-electron chi connectivity index (χ2n) is 7.01. The van der Waals surface area contributed by atoms with E-state index < -0.39 is 38.1 Å². The second kappa shape index (κ2) is 7.19. The summed E-state index contributed by atoms with van der Waals surface area (Å²) in [6.45, 7) is 0. The molecule has 0 amide bonds. The average Bonchev–Trinajstić information content (AvgIpc) is 3.09. The lowest BCUT2D eigenvalue weighted by Gasteiger charge is -2.15. The van der Waals surface area contributed by atoms with Crippen molar-refractivity contribution in [3.63, 3.8) is 0 Å². The Balaban J connectivity index is 1.89. The normalized spacial score (nSPS) is 12.5. The van der Waals surface area contributed by atoms with E-state index in [1.165, 1.54) is 41.1 Å². The molecule has 160 valence electrons. The van der Waals surface area contributed by atoms with Gasteiger partial charge in [0.2, 0.25) is 0 Å². The summed E-state index contributed by atoms with van der Waals surface area (Å²) in [6.07, 6.45) is -2.53. The molecule has 0 bridgehead atoms. The number of para-hydroxylation sites is 1. The molecule has 0 aliphatic carbocycles. The number of hydrogen-bond donors (Lipinski definition) is 0. The van der Waals surface area contributed by atoms with Gasteiger partial charge in [0.1, 0.15) is 17.3 Å².